The van der Waals surface area contributed by atoms with Crippen LogP contribution in [0.3, 0.4) is 0 Å². The van der Waals surface area contributed by atoms with Crippen molar-refractivity contribution in [3.63, 3.8) is 0 Å². The first-order valence-corrected chi connectivity index (χ1v) is 7.38. The summed E-state index contributed by atoms with van der Waals surface area (Å²) < 4.78 is 24.8. The number of ether oxygens (including phenoxy) is 1. The lowest BCUT2D eigenvalue weighted by Crippen LogP contribution is -1.97. The normalized spacial score (nSPS) is 10.7. The first kappa shape index (κ1) is 14.7. The summed E-state index contributed by atoms with van der Waals surface area (Å²) in [5.41, 5.74) is 2.01. The topological polar surface area (TPSA) is 48.2 Å². The minimum atomic E-state index is -0.451. The molecule has 0 radical (unpaired) electrons. The van der Waals surface area contributed by atoms with Gasteiger partial charge in [0, 0.05) is 10.0 Å². The number of nitrogens with zero attached hydrogens (tertiary/aromatic N) is 2. The Kier molecular flexibility index (Phi) is 4.20. The van der Waals surface area contributed by atoms with Gasteiger partial charge in [0.05, 0.1) is 0 Å². The zero-order valence-corrected chi connectivity index (χ0v) is 13.3. The fourth-order valence-electron chi connectivity index (χ4n) is 1.87. The Morgan fingerprint density at radius 3 is 2.68 bits per heavy atom. The molecule has 0 saturated carbocycles. The highest BCUT2D eigenvalue weighted by molar-refractivity contribution is 9.10. The maximum Gasteiger partial charge on any atom is 0.264 e. The summed E-state index contributed by atoms with van der Waals surface area (Å²) in [5.74, 6) is 0.457. The van der Waals surface area contributed by atoms with Crippen molar-refractivity contribution in [2.24, 2.45) is 0 Å². The van der Waals surface area contributed by atoms with E-state index >= 15 is 0 Å². The van der Waals surface area contributed by atoms with Gasteiger partial charge < -0.3 is 9.26 Å². The molecule has 0 aliphatic carbocycles. The van der Waals surface area contributed by atoms with Crippen molar-refractivity contribution >= 4 is 15.9 Å². The molecule has 1 aromatic heterocycles. The zero-order chi connectivity index (χ0) is 15.5. The zero-order valence-electron chi connectivity index (χ0n) is 11.7. The monoisotopic (exact) mass is 362 g/mol. The molecule has 3 aromatic rings. The van der Waals surface area contributed by atoms with Gasteiger partial charge in [0.2, 0.25) is 5.82 Å². The minimum absolute atomic E-state index is 0.0113. The molecule has 0 amide bonds. The summed E-state index contributed by atoms with van der Waals surface area (Å²) in [4.78, 5) is 4.24. The predicted octanol–water partition coefficient (Wildman–Crippen LogP) is 4.53. The van der Waals surface area contributed by atoms with Crippen molar-refractivity contribution in [3.8, 4) is 17.1 Å². The molecule has 0 aliphatic rings. The second-order valence-electron chi connectivity index (χ2n) is 4.74. The van der Waals surface area contributed by atoms with Gasteiger partial charge in [0.25, 0.3) is 5.89 Å². The van der Waals surface area contributed by atoms with Crippen LogP contribution >= 0.6 is 15.9 Å². The number of aromatic nitrogens is 2. The lowest BCUT2D eigenvalue weighted by Gasteiger charge is -2.04. The van der Waals surface area contributed by atoms with Crippen LogP contribution in [0.15, 0.2) is 51.5 Å². The van der Waals surface area contributed by atoms with Crippen molar-refractivity contribution in [1.82, 2.24) is 10.1 Å². The minimum Gasteiger partial charge on any atom is -0.481 e. The molecule has 1 heterocycles. The second-order valence-corrected chi connectivity index (χ2v) is 5.66. The smallest absolute Gasteiger partial charge is 0.264 e. The lowest BCUT2D eigenvalue weighted by molar-refractivity contribution is 0.234. The van der Waals surface area contributed by atoms with Gasteiger partial charge in [-0.1, -0.05) is 50.9 Å². The van der Waals surface area contributed by atoms with E-state index in [1.807, 2.05) is 31.2 Å². The van der Waals surface area contributed by atoms with E-state index in [-0.39, 0.29) is 18.2 Å². The molecule has 4 nitrogen and oxygen atoms in total. The second kappa shape index (κ2) is 6.27. The first-order valence-electron chi connectivity index (χ1n) is 6.59. The Morgan fingerprint density at radius 2 is 1.95 bits per heavy atom. The van der Waals surface area contributed by atoms with Gasteiger partial charge in [-0.3, -0.25) is 0 Å². The molecule has 0 aliphatic heterocycles. The fraction of sp³-hybridized carbons (Fsp3) is 0.125. The van der Waals surface area contributed by atoms with Gasteiger partial charge in [-0.2, -0.15) is 4.98 Å². The Morgan fingerprint density at radius 1 is 1.18 bits per heavy atom. The summed E-state index contributed by atoms with van der Waals surface area (Å²) in [6.07, 6.45) is 0. The lowest BCUT2D eigenvalue weighted by atomic mass is 10.1. The van der Waals surface area contributed by atoms with Crippen molar-refractivity contribution < 1.29 is 13.7 Å². The number of benzene rings is 2. The molecule has 0 unspecified atom stereocenters. The molecule has 3 rings (SSSR count). The van der Waals surface area contributed by atoms with Crippen LogP contribution in [0.25, 0.3) is 11.4 Å². The van der Waals surface area contributed by atoms with E-state index < -0.39 is 5.82 Å². The van der Waals surface area contributed by atoms with Crippen LogP contribution in [0.1, 0.15) is 11.5 Å². The quantitative estimate of drug-likeness (QED) is 0.684. The van der Waals surface area contributed by atoms with E-state index in [0.717, 1.165) is 11.1 Å². The van der Waals surface area contributed by atoms with Gasteiger partial charge in [0.1, 0.15) is 0 Å². The number of hydrogen-bond donors (Lipinski definition) is 0. The predicted molar refractivity (Wildman–Crippen MR) is 82.9 cm³/mol. The van der Waals surface area contributed by atoms with Crippen LogP contribution in [0.2, 0.25) is 0 Å². The number of aryl methyl sites for hydroxylation is 1. The summed E-state index contributed by atoms with van der Waals surface area (Å²) in [6.45, 7) is 2.02. The van der Waals surface area contributed by atoms with E-state index in [2.05, 4.69) is 26.1 Å². The standard InChI is InChI=1S/C16H12BrFN2O2/c1-10-2-4-11(5-3-10)16-19-15(22-20-16)9-21-14-7-6-12(17)8-13(14)18/h2-8H,9H2,1H3. The third-order valence-corrected chi connectivity index (χ3v) is 3.52. The Balaban J connectivity index is 1.70. The molecular weight excluding hydrogens is 351 g/mol. The number of rotatable bonds is 4. The summed E-state index contributed by atoms with van der Waals surface area (Å²) in [5, 5.41) is 3.90. The Bertz CT molecular complexity index is 787. The van der Waals surface area contributed by atoms with Crippen LogP contribution in [-0.2, 0) is 6.61 Å². The van der Waals surface area contributed by atoms with E-state index in [1.165, 1.54) is 12.1 Å². The van der Waals surface area contributed by atoms with Crippen molar-refractivity contribution in [2.75, 3.05) is 0 Å². The first-order chi connectivity index (χ1) is 10.6. The van der Waals surface area contributed by atoms with Gasteiger partial charge in [-0.05, 0) is 25.1 Å². The van der Waals surface area contributed by atoms with Crippen molar-refractivity contribution in [1.29, 1.82) is 0 Å². The average Bonchev–Trinajstić information content (AvgIpc) is 2.96. The van der Waals surface area contributed by atoms with Gasteiger partial charge >= 0.3 is 0 Å². The van der Waals surface area contributed by atoms with Crippen LogP contribution in [0, 0.1) is 12.7 Å². The third kappa shape index (κ3) is 3.33. The van der Waals surface area contributed by atoms with Crippen LogP contribution in [-0.4, -0.2) is 10.1 Å². The molecule has 22 heavy (non-hydrogen) atoms. The number of hydrogen-bond acceptors (Lipinski definition) is 4. The summed E-state index contributed by atoms with van der Waals surface area (Å²) in [6, 6.07) is 12.3. The third-order valence-electron chi connectivity index (χ3n) is 3.02. The molecule has 0 fully saturated rings. The highest BCUT2D eigenvalue weighted by atomic mass is 79.9. The fourth-order valence-corrected chi connectivity index (χ4v) is 2.20. The molecule has 0 spiro atoms. The maximum absolute atomic E-state index is 13.6. The molecule has 6 heteroatoms. The molecule has 2 aromatic carbocycles. The largest absolute Gasteiger partial charge is 0.481 e. The molecule has 0 atom stereocenters. The van der Waals surface area contributed by atoms with Gasteiger partial charge in [-0.15, -0.1) is 0 Å². The highest BCUT2D eigenvalue weighted by Gasteiger charge is 2.10. The van der Waals surface area contributed by atoms with Gasteiger partial charge in [0.15, 0.2) is 18.2 Å². The SMILES string of the molecule is Cc1ccc(-c2noc(COc3ccc(Br)cc3F)n2)cc1. The van der Waals surface area contributed by atoms with Crippen LogP contribution in [0.5, 0.6) is 5.75 Å². The van der Waals surface area contributed by atoms with Crippen molar-refractivity contribution in [3.05, 3.63) is 64.2 Å². The summed E-state index contributed by atoms with van der Waals surface area (Å²) in [7, 11) is 0. The Hall–Kier alpha value is -2.21. The molecule has 112 valence electrons. The van der Waals surface area contributed by atoms with Gasteiger partial charge in [-0.25, -0.2) is 4.39 Å². The van der Waals surface area contributed by atoms with E-state index in [4.69, 9.17) is 9.26 Å². The molecule has 0 bridgehead atoms. The highest BCUT2D eigenvalue weighted by Crippen LogP contribution is 2.22. The van der Waals surface area contributed by atoms with Crippen LogP contribution < -0.4 is 4.74 Å². The van der Waals surface area contributed by atoms with E-state index in [9.17, 15) is 4.39 Å². The Labute approximate surface area is 135 Å². The van der Waals surface area contributed by atoms with Crippen LogP contribution in [0.4, 0.5) is 4.39 Å². The summed E-state index contributed by atoms with van der Waals surface area (Å²) >= 11 is 3.19. The van der Waals surface area contributed by atoms with E-state index in [0.29, 0.717) is 10.3 Å². The average molecular weight is 363 g/mol. The maximum atomic E-state index is 13.6. The molecule has 0 saturated heterocycles. The number of halogens is 2. The van der Waals surface area contributed by atoms with E-state index in [1.54, 1.807) is 6.07 Å². The van der Waals surface area contributed by atoms with Crippen molar-refractivity contribution in [2.45, 2.75) is 13.5 Å². The molecular formula is C16H12BrFN2O2. The molecule has 0 N–H and O–H groups in total.